The summed E-state index contributed by atoms with van der Waals surface area (Å²) in [6.07, 6.45) is 4.82. The minimum absolute atomic E-state index is 0.0649. The van der Waals surface area contributed by atoms with Crippen LogP contribution in [0.5, 0.6) is 0 Å². The van der Waals surface area contributed by atoms with E-state index in [4.69, 9.17) is 0 Å². The summed E-state index contributed by atoms with van der Waals surface area (Å²) in [5, 5.41) is 0. The molecule has 2 aliphatic rings. The Morgan fingerprint density at radius 2 is 1.76 bits per heavy atom. The summed E-state index contributed by atoms with van der Waals surface area (Å²) in [5.41, 5.74) is 8.08. The van der Waals surface area contributed by atoms with Crippen molar-refractivity contribution in [2.45, 2.75) is 31.2 Å². The maximum atomic E-state index is 14.2. The highest BCUT2D eigenvalue weighted by Gasteiger charge is 2.28. The van der Waals surface area contributed by atoms with Crippen LogP contribution in [0.3, 0.4) is 0 Å². The van der Waals surface area contributed by atoms with Crippen LogP contribution in [0.25, 0.3) is 17.2 Å². The Morgan fingerprint density at radius 3 is 2.50 bits per heavy atom. The second-order valence-corrected chi connectivity index (χ2v) is 10.3. The molecule has 34 heavy (non-hydrogen) atoms. The highest BCUT2D eigenvalue weighted by atomic mass is 32.2. The van der Waals surface area contributed by atoms with Gasteiger partial charge in [-0.2, -0.15) is 0 Å². The molecule has 3 aromatic rings. The zero-order chi connectivity index (χ0) is 23.8. The molecule has 0 fully saturated rings. The SMILES string of the molecule is CC1=C(CC(=O)N2CCc3ccccc3C2)c2cc(F)ccc2/C1=C\c1ccc(S(C)=O)cc1. The number of halogens is 1. The van der Waals surface area contributed by atoms with Gasteiger partial charge in [0.25, 0.3) is 0 Å². The topological polar surface area (TPSA) is 37.4 Å². The second-order valence-electron chi connectivity index (χ2n) is 8.89. The molecular weight excluding hydrogens is 445 g/mol. The first-order chi connectivity index (χ1) is 16.4. The number of benzene rings is 3. The van der Waals surface area contributed by atoms with Crippen LogP contribution >= 0.6 is 0 Å². The molecule has 1 unspecified atom stereocenters. The van der Waals surface area contributed by atoms with Gasteiger partial charge in [-0.25, -0.2) is 4.39 Å². The molecule has 3 aromatic carbocycles. The largest absolute Gasteiger partial charge is 0.338 e. The standard InChI is InChI=1S/C29H26FNO2S/c1-19-26(15-20-7-10-24(11-8-20)34(2)33)25-12-9-23(30)16-28(25)27(19)17-29(32)31-14-13-21-5-3-4-6-22(21)18-31/h3-12,15-16H,13-14,17-18H2,1-2H3/b26-15-. The zero-order valence-electron chi connectivity index (χ0n) is 19.3. The van der Waals surface area contributed by atoms with Gasteiger partial charge in [0.05, 0.1) is 6.42 Å². The van der Waals surface area contributed by atoms with Gasteiger partial charge in [0.15, 0.2) is 0 Å². The van der Waals surface area contributed by atoms with Crippen LogP contribution in [0.15, 0.2) is 77.2 Å². The van der Waals surface area contributed by atoms with Crippen LogP contribution < -0.4 is 0 Å². The highest BCUT2D eigenvalue weighted by molar-refractivity contribution is 7.84. The number of rotatable bonds is 4. The Balaban J connectivity index is 1.46. The molecule has 1 amide bonds. The van der Waals surface area contributed by atoms with Crippen molar-refractivity contribution in [2.75, 3.05) is 12.8 Å². The van der Waals surface area contributed by atoms with Crippen molar-refractivity contribution in [3.63, 3.8) is 0 Å². The van der Waals surface area contributed by atoms with Crippen LogP contribution in [0.2, 0.25) is 0 Å². The molecule has 5 rings (SSSR count). The first kappa shape index (κ1) is 22.5. The third-order valence-corrected chi connectivity index (χ3v) is 7.72. The number of carbonyl (C=O) groups excluding carboxylic acids is 1. The van der Waals surface area contributed by atoms with E-state index < -0.39 is 10.8 Å². The summed E-state index contributed by atoms with van der Waals surface area (Å²) < 4.78 is 25.9. The molecular formula is C29H26FNO2S. The fraction of sp³-hybridized carbons (Fsp3) is 0.207. The molecule has 0 radical (unpaired) electrons. The molecule has 0 aromatic heterocycles. The number of allylic oxidation sites excluding steroid dienone is 2. The average molecular weight is 472 g/mol. The third-order valence-electron chi connectivity index (χ3n) is 6.79. The fourth-order valence-corrected chi connectivity index (χ4v) is 5.39. The number of carbonyl (C=O) groups is 1. The predicted octanol–water partition coefficient (Wildman–Crippen LogP) is 5.87. The summed E-state index contributed by atoms with van der Waals surface area (Å²) >= 11 is 0. The van der Waals surface area contributed by atoms with Crippen molar-refractivity contribution in [1.82, 2.24) is 4.90 Å². The van der Waals surface area contributed by atoms with Crippen LogP contribution in [0, 0.1) is 5.82 Å². The van der Waals surface area contributed by atoms with Crippen molar-refractivity contribution in [3.05, 3.63) is 106 Å². The number of hydrogen-bond acceptors (Lipinski definition) is 2. The van der Waals surface area contributed by atoms with E-state index in [9.17, 15) is 13.4 Å². The summed E-state index contributed by atoms with van der Waals surface area (Å²) in [6, 6.07) is 20.7. The normalized spacial score (nSPS) is 17.0. The van der Waals surface area contributed by atoms with E-state index in [1.807, 2.05) is 48.2 Å². The predicted molar refractivity (Wildman–Crippen MR) is 136 cm³/mol. The first-order valence-corrected chi connectivity index (χ1v) is 13.0. The van der Waals surface area contributed by atoms with Gasteiger partial charge < -0.3 is 4.90 Å². The molecule has 0 spiro atoms. The van der Waals surface area contributed by atoms with Gasteiger partial charge in [-0.15, -0.1) is 0 Å². The Kier molecular flexibility index (Phi) is 6.05. The molecule has 3 nitrogen and oxygen atoms in total. The van der Waals surface area contributed by atoms with Gasteiger partial charge in [0.2, 0.25) is 5.91 Å². The Bertz CT molecular complexity index is 1370. The highest BCUT2D eigenvalue weighted by Crippen LogP contribution is 2.44. The molecule has 5 heteroatoms. The van der Waals surface area contributed by atoms with Gasteiger partial charge >= 0.3 is 0 Å². The first-order valence-electron chi connectivity index (χ1n) is 11.4. The molecule has 1 aliphatic heterocycles. The zero-order valence-corrected chi connectivity index (χ0v) is 20.1. The number of nitrogens with zero attached hydrogens (tertiary/aromatic N) is 1. The van der Waals surface area contributed by atoms with Gasteiger partial charge in [-0.05, 0) is 88.2 Å². The van der Waals surface area contributed by atoms with Crippen molar-refractivity contribution in [3.8, 4) is 0 Å². The van der Waals surface area contributed by atoms with E-state index >= 15 is 0 Å². The minimum Gasteiger partial charge on any atom is -0.338 e. The summed E-state index contributed by atoms with van der Waals surface area (Å²) in [4.78, 5) is 16.0. The lowest BCUT2D eigenvalue weighted by molar-refractivity contribution is -0.130. The van der Waals surface area contributed by atoms with Gasteiger partial charge in [-0.1, -0.05) is 42.5 Å². The van der Waals surface area contributed by atoms with E-state index in [0.29, 0.717) is 13.1 Å². The average Bonchev–Trinajstić information content (AvgIpc) is 3.09. The molecule has 0 bridgehead atoms. The number of hydrogen-bond donors (Lipinski definition) is 0. The maximum Gasteiger partial charge on any atom is 0.227 e. The van der Waals surface area contributed by atoms with Gasteiger partial charge in [-0.3, -0.25) is 9.00 Å². The molecule has 0 saturated heterocycles. The lowest BCUT2D eigenvalue weighted by atomic mass is 9.98. The summed E-state index contributed by atoms with van der Waals surface area (Å²) in [6.45, 7) is 3.32. The van der Waals surface area contributed by atoms with Crippen LogP contribution in [-0.4, -0.2) is 27.8 Å². The lowest BCUT2D eigenvalue weighted by Crippen LogP contribution is -2.35. The van der Waals surface area contributed by atoms with Crippen LogP contribution in [0.4, 0.5) is 4.39 Å². The van der Waals surface area contributed by atoms with Gasteiger partial charge in [0, 0.05) is 35.0 Å². The van der Waals surface area contributed by atoms with Crippen molar-refractivity contribution >= 4 is 33.9 Å². The van der Waals surface area contributed by atoms with Crippen LogP contribution in [0.1, 0.15) is 41.2 Å². The summed E-state index contributed by atoms with van der Waals surface area (Å²) in [5.74, 6) is -0.241. The lowest BCUT2D eigenvalue weighted by Gasteiger charge is -2.29. The number of amides is 1. The van der Waals surface area contributed by atoms with E-state index in [2.05, 4.69) is 18.2 Å². The molecule has 1 heterocycles. The van der Waals surface area contributed by atoms with E-state index in [0.717, 1.165) is 44.7 Å². The van der Waals surface area contributed by atoms with E-state index in [-0.39, 0.29) is 18.1 Å². The third kappa shape index (κ3) is 4.28. The molecule has 1 aliphatic carbocycles. The van der Waals surface area contributed by atoms with Crippen molar-refractivity contribution < 1.29 is 13.4 Å². The van der Waals surface area contributed by atoms with Gasteiger partial charge in [0.1, 0.15) is 5.82 Å². The Morgan fingerprint density at radius 1 is 1.03 bits per heavy atom. The van der Waals surface area contributed by atoms with Crippen molar-refractivity contribution in [1.29, 1.82) is 0 Å². The maximum absolute atomic E-state index is 14.2. The quantitative estimate of drug-likeness (QED) is 0.478. The van der Waals surface area contributed by atoms with Crippen molar-refractivity contribution in [2.24, 2.45) is 0 Å². The minimum atomic E-state index is -1.03. The monoisotopic (exact) mass is 471 g/mol. The fourth-order valence-electron chi connectivity index (χ4n) is 4.88. The second kappa shape index (κ2) is 9.15. The summed E-state index contributed by atoms with van der Waals surface area (Å²) in [7, 11) is -1.03. The smallest absolute Gasteiger partial charge is 0.227 e. The molecule has 0 saturated carbocycles. The molecule has 172 valence electrons. The number of fused-ring (bicyclic) bond motifs is 2. The molecule has 0 N–H and O–H groups in total. The van der Waals surface area contributed by atoms with Crippen LogP contribution in [-0.2, 0) is 28.6 Å². The van der Waals surface area contributed by atoms with E-state index in [1.54, 1.807) is 12.3 Å². The Labute approximate surface area is 202 Å². The molecule has 1 atom stereocenters. The van der Waals surface area contributed by atoms with E-state index in [1.165, 1.54) is 23.3 Å². The Hall–Kier alpha value is -3.31.